The highest BCUT2D eigenvalue weighted by Crippen LogP contribution is 2.27. The summed E-state index contributed by atoms with van der Waals surface area (Å²) in [5.41, 5.74) is 7.27. The minimum absolute atomic E-state index is 0.0247. The van der Waals surface area contributed by atoms with E-state index in [9.17, 15) is 10.1 Å². The van der Waals surface area contributed by atoms with Crippen LogP contribution in [0.25, 0.3) is 0 Å². The van der Waals surface area contributed by atoms with Gasteiger partial charge in [-0.15, -0.1) is 0 Å². The van der Waals surface area contributed by atoms with Gasteiger partial charge in [0.25, 0.3) is 5.69 Å². The first kappa shape index (κ1) is 13.6. The fourth-order valence-electron chi connectivity index (χ4n) is 2.17. The Balaban J connectivity index is 3.15. The second kappa shape index (κ2) is 5.23. The molecule has 5 nitrogen and oxygen atoms in total. The Morgan fingerprint density at radius 1 is 1.35 bits per heavy atom. The second-order valence-electron chi connectivity index (χ2n) is 4.73. The number of rotatable bonds is 4. The number of aryl methyl sites for hydroxylation is 1. The van der Waals surface area contributed by atoms with E-state index >= 15 is 0 Å². The van der Waals surface area contributed by atoms with Crippen molar-refractivity contribution in [1.82, 2.24) is 4.98 Å². The molecular weight excluding hydrogens is 218 g/mol. The molecule has 0 saturated heterocycles. The van der Waals surface area contributed by atoms with E-state index in [4.69, 9.17) is 5.73 Å². The van der Waals surface area contributed by atoms with Crippen molar-refractivity contribution >= 4 is 5.69 Å². The maximum atomic E-state index is 10.7. The fourth-order valence-corrected chi connectivity index (χ4v) is 2.17. The van der Waals surface area contributed by atoms with E-state index in [1.54, 1.807) is 13.0 Å². The molecule has 0 aliphatic carbocycles. The van der Waals surface area contributed by atoms with Crippen LogP contribution in [0.4, 0.5) is 5.69 Å². The van der Waals surface area contributed by atoms with Crippen LogP contribution in [-0.4, -0.2) is 15.9 Å². The Morgan fingerprint density at radius 2 is 1.94 bits per heavy atom. The highest BCUT2D eigenvalue weighted by Gasteiger charge is 2.23. The van der Waals surface area contributed by atoms with Gasteiger partial charge in [-0.05, 0) is 25.8 Å². The number of nitro groups is 1. The molecule has 1 aromatic heterocycles. The molecule has 0 amide bonds. The first-order chi connectivity index (χ1) is 7.84. The summed E-state index contributed by atoms with van der Waals surface area (Å²) < 4.78 is 0. The monoisotopic (exact) mass is 237 g/mol. The van der Waals surface area contributed by atoms with Crippen LogP contribution in [0.15, 0.2) is 12.1 Å². The SMILES string of the molecule is Cc1nc(C(C(C)C)C(C)N)ccc1[N+](=O)[O-]. The molecule has 1 rings (SSSR count). The van der Waals surface area contributed by atoms with Crippen LogP contribution in [0.1, 0.15) is 38.1 Å². The van der Waals surface area contributed by atoms with Gasteiger partial charge in [-0.2, -0.15) is 0 Å². The summed E-state index contributed by atoms with van der Waals surface area (Å²) in [4.78, 5) is 14.6. The third kappa shape index (κ3) is 3.00. The van der Waals surface area contributed by atoms with Crippen molar-refractivity contribution in [3.8, 4) is 0 Å². The normalized spacial score (nSPS) is 14.7. The molecule has 17 heavy (non-hydrogen) atoms. The van der Waals surface area contributed by atoms with Gasteiger partial charge in [0.15, 0.2) is 0 Å². The zero-order valence-corrected chi connectivity index (χ0v) is 10.7. The Bertz CT molecular complexity index is 408. The number of aromatic nitrogens is 1. The number of nitrogens with zero attached hydrogens (tertiary/aromatic N) is 2. The average Bonchev–Trinajstić information content (AvgIpc) is 2.15. The molecule has 2 unspecified atom stereocenters. The smallest absolute Gasteiger partial charge is 0.290 e. The Kier molecular flexibility index (Phi) is 4.17. The molecule has 1 aromatic rings. The van der Waals surface area contributed by atoms with Crippen LogP contribution in [-0.2, 0) is 0 Å². The largest absolute Gasteiger partial charge is 0.327 e. The van der Waals surface area contributed by atoms with E-state index in [0.29, 0.717) is 11.6 Å². The molecule has 2 N–H and O–H groups in total. The molecule has 0 fully saturated rings. The van der Waals surface area contributed by atoms with Gasteiger partial charge in [-0.25, -0.2) is 0 Å². The minimum Gasteiger partial charge on any atom is -0.327 e. The van der Waals surface area contributed by atoms with Crippen molar-refractivity contribution in [2.45, 2.75) is 39.7 Å². The lowest BCUT2D eigenvalue weighted by atomic mass is 9.86. The summed E-state index contributed by atoms with van der Waals surface area (Å²) >= 11 is 0. The lowest BCUT2D eigenvalue weighted by Crippen LogP contribution is -2.29. The summed E-state index contributed by atoms with van der Waals surface area (Å²) in [5, 5.41) is 10.7. The Labute approximate surface area is 101 Å². The number of pyridine rings is 1. The predicted octanol–water partition coefficient (Wildman–Crippen LogP) is 2.39. The molecule has 5 heteroatoms. The lowest BCUT2D eigenvalue weighted by Gasteiger charge is -2.24. The van der Waals surface area contributed by atoms with E-state index in [-0.39, 0.29) is 17.6 Å². The molecule has 2 atom stereocenters. The zero-order valence-electron chi connectivity index (χ0n) is 10.7. The van der Waals surface area contributed by atoms with Crippen molar-refractivity contribution in [3.05, 3.63) is 33.6 Å². The molecule has 0 aliphatic rings. The van der Waals surface area contributed by atoms with Gasteiger partial charge in [0.2, 0.25) is 0 Å². The number of nitrogens with two attached hydrogens (primary N) is 1. The van der Waals surface area contributed by atoms with E-state index in [1.165, 1.54) is 6.07 Å². The topological polar surface area (TPSA) is 82.0 Å². The highest BCUT2D eigenvalue weighted by molar-refractivity contribution is 5.36. The molecule has 94 valence electrons. The lowest BCUT2D eigenvalue weighted by molar-refractivity contribution is -0.385. The summed E-state index contributed by atoms with van der Waals surface area (Å²) in [6.07, 6.45) is 0. The fraction of sp³-hybridized carbons (Fsp3) is 0.583. The van der Waals surface area contributed by atoms with Gasteiger partial charge in [-0.1, -0.05) is 13.8 Å². The first-order valence-electron chi connectivity index (χ1n) is 5.72. The van der Waals surface area contributed by atoms with Gasteiger partial charge in [0.1, 0.15) is 5.69 Å². The summed E-state index contributed by atoms with van der Waals surface area (Å²) in [6.45, 7) is 7.74. The minimum atomic E-state index is -0.414. The molecule has 0 radical (unpaired) electrons. The van der Waals surface area contributed by atoms with Gasteiger partial charge in [0.05, 0.1) is 4.92 Å². The van der Waals surface area contributed by atoms with Crippen molar-refractivity contribution in [2.75, 3.05) is 0 Å². The maximum Gasteiger partial charge on any atom is 0.290 e. The third-order valence-electron chi connectivity index (χ3n) is 2.90. The van der Waals surface area contributed by atoms with E-state index in [2.05, 4.69) is 18.8 Å². The van der Waals surface area contributed by atoms with Crippen LogP contribution >= 0.6 is 0 Å². The quantitative estimate of drug-likeness (QED) is 0.643. The van der Waals surface area contributed by atoms with Crippen molar-refractivity contribution in [2.24, 2.45) is 11.7 Å². The van der Waals surface area contributed by atoms with Crippen LogP contribution in [0.5, 0.6) is 0 Å². The summed E-state index contributed by atoms with van der Waals surface area (Å²) in [6, 6.07) is 3.19. The molecule has 0 spiro atoms. The van der Waals surface area contributed by atoms with E-state index in [0.717, 1.165) is 5.69 Å². The van der Waals surface area contributed by atoms with E-state index in [1.807, 2.05) is 6.92 Å². The number of hydrogen-bond acceptors (Lipinski definition) is 4. The van der Waals surface area contributed by atoms with Crippen LogP contribution in [0.3, 0.4) is 0 Å². The van der Waals surface area contributed by atoms with Crippen molar-refractivity contribution < 1.29 is 4.92 Å². The summed E-state index contributed by atoms with van der Waals surface area (Å²) in [7, 11) is 0. The molecular formula is C12H19N3O2. The van der Waals surface area contributed by atoms with E-state index < -0.39 is 4.92 Å². The molecule has 0 saturated carbocycles. The highest BCUT2D eigenvalue weighted by atomic mass is 16.6. The predicted molar refractivity (Wildman–Crippen MR) is 66.9 cm³/mol. The summed E-state index contributed by atoms with van der Waals surface area (Å²) in [5.74, 6) is 0.470. The van der Waals surface area contributed by atoms with Gasteiger partial charge < -0.3 is 5.73 Å². The van der Waals surface area contributed by atoms with Crippen LogP contribution in [0, 0.1) is 23.0 Å². The maximum absolute atomic E-state index is 10.7. The average molecular weight is 237 g/mol. The molecule has 1 heterocycles. The van der Waals surface area contributed by atoms with Gasteiger partial charge >= 0.3 is 0 Å². The zero-order chi connectivity index (χ0) is 13.2. The molecule has 0 bridgehead atoms. The molecule has 0 aliphatic heterocycles. The Morgan fingerprint density at radius 3 is 2.29 bits per heavy atom. The van der Waals surface area contributed by atoms with Gasteiger partial charge in [0, 0.05) is 23.7 Å². The Hall–Kier alpha value is -1.49. The molecule has 0 aromatic carbocycles. The first-order valence-corrected chi connectivity index (χ1v) is 5.72. The van der Waals surface area contributed by atoms with Crippen LogP contribution in [0.2, 0.25) is 0 Å². The van der Waals surface area contributed by atoms with Crippen LogP contribution < -0.4 is 5.73 Å². The third-order valence-corrected chi connectivity index (χ3v) is 2.90. The second-order valence-corrected chi connectivity index (χ2v) is 4.73. The van der Waals surface area contributed by atoms with Crippen molar-refractivity contribution in [1.29, 1.82) is 0 Å². The van der Waals surface area contributed by atoms with Crippen molar-refractivity contribution in [3.63, 3.8) is 0 Å². The number of hydrogen-bond donors (Lipinski definition) is 1. The standard InChI is InChI=1S/C12H19N3O2/c1-7(2)12(8(3)13)10-5-6-11(15(16)17)9(4)14-10/h5-8,12H,13H2,1-4H3. The van der Waals surface area contributed by atoms with Gasteiger partial charge in [-0.3, -0.25) is 15.1 Å².